The molecule has 1 aliphatic rings. The van der Waals surface area contributed by atoms with Crippen molar-refractivity contribution in [1.82, 2.24) is 14.8 Å². The highest BCUT2D eigenvalue weighted by molar-refractivity contribution is 6.11. The van der Waals surface area contributed by atoms with Gasteiger partial charge < -0.3 is 9.88 Å². The van der Waals surface area contributed by atoms with E-state index in [-0.39, 0.29) is 17.7 Å². The van der Waals surface area contributed by atoms with E-state index in [4.69, 9.17) is 0 Å². The maximum atomic E-state index is 13.2. The zero-order valence-electron chi connectivity index (χ0n) is 19.6. The van der Waals surface area contributed by atoms with Gasteiger partial charge in [-0.2, -0.15) is 0 Å². The lowest BCUT2D eigenvalue weighted by atomic mass is 9.84. The van der Waals surface area contributed by atoms with Crippen LogP contribution in [-0.2, 0) is 22.3 Å². The van der Waals surface area contributed by atoms with E-state index in [0.29, 0.717) is 11.1 Å². The van der Waals surface area contributed by atoms with Crippen LogP contribution in [0.4, 0.5) is 4.79 Å². The second-order valence-electron chi connectivity index (χ2n) is 9.63. The Morgan fingerprint density at radius 1 is 1.10 bits per heavy atom. The standard InChI is InChI=1S/C25H33N3O3/c1-8-13-27-16(2)14-20(17(27)3)21(29)15-28-22(30)25(7,26-23(28)31)19-11-9-18(10-12-19)24(4,5)6/h9-12,14H,8,13,15H2,1-7H3,(H,26,31). The van der Waals surface area contributed by atoms with Gasteiger partial charge in [0.1, 0.15) is 5.54 Å². The average Bonchev–Trinajstić information content (AvgIpc) is 3.10. The van der Waals surface area contributed by atoms with Crippen LogP contribution in [0.2, 0.25) is 0 Å². The average molecular weight is 424 g/mol. The normalized spacial score (nSPS) is 19.1. The summed E-state index contributed by atoms with van der Waals surface area (Å²) >= 11 is 0. The fourth-order valence-corrected chi connectivity index (χ4v) is 4.22. The maximum absolute atomic E-state index is 13.2. The molecule has 3 rings (SSSR count). The number of aromatic nitrogens is 1. The number of urea groups is 1. The topological polar surface area (TPSA) is 71.4 Å². The summed E-state index contributed by atoms with van der Waals surface area (Å²) in [5.74, 6) is -0.636. The number of hydrogen-bond donors (Lipinski definition) is 1. The molecule has 6 heteroatoms. The molecule has 166 valence electrons. The van der Waals surface area contributed by atoms with Crippen LogP contribution in [0, 0.1) is 13.8 Å². The Hall–Kier alpha value is -2.89. The number of aryl methyl sites for hydroxylation is 1. The summed E-state index contributed by atoms with van der Waals surface area (Å²) in [4.78, 5) is 39.9. The van der Waals surface area contributed by atoms with E-state index in [0.717, 1.165) is 34.8 Å². The van der Waals surface area contributed by atoms with Crippen LogP contribution in [0.1, 0.15) is 73.9 Å². The molecule has 31 heavy (non-hydrogen) atoms. The van der Waals surface area contributed by atoms with E-state index >= 15 is 0 Å². The Bertz CT molecular complexity index is 1030. The van der Waals surface area contributed by atoms with E-state index in [9.17, 15) is 14.4 Å². The number of ketones is 1. The molecule has 1 aromatic heterocycles. The van der Waals surface area contributed by atoms with E-state index in [1.807, 2.05) is 44.2 Å². The zero-order chi connectivity index (χ0) is 23.1. The van der Waals surface area contributed by atoms with Crippen LogP contribution in [0.15, 0.2) is 30.3 Å². The summed E-state index contributed by atoms with van der Waals surface area (Å²) in [6, 6.07) is 9.02. The maximum Gasteiger partial charge on any atom is 0.325 e. The van der Waals surface area contributed by atoms with Crippen molar-refractivity contribution in [3.05, 3.63) is 58.4 Å². The van der Waals surface area contributed by atoms with Gasteiger partial charge in [0.2, 0.25) is 0 Å². The van der Waals surface area contributed by atoms with Crippen molar-refractivity contribution >= 4 is 17.7 Å². The van der Waals surface area contributed by atoms with Gasteiger partial charge >= 0.3 is 6.03 Å². The Kier molecular flexibility index (Phi) is 5.87. The molecular weight excluding hydrogens is 390 g/mol. The summed E-state index contributed by atoms with van der Waals surface area (Å²) in [5, 5.41) is 2.79. The third-order valence-electron chi connectivity index (χ3n) is 6.23. The van der Waals surface area contributed by atoms with Crippen molar-refractivity contribution in [2.75, 3.05) is 6.54 Å². The van der Waals surface area contributed by atoms with Crippen molar-refractivity contribution in [3.8, 4) is 0 Å². The first-order valence-corrected chi connectivity index (χ1v) is 10.8. The minimum absolute atomic E-state index is 0.00893. The molecular formula is C25H33N3O3. The van der Waals surface area contributed by atoms with Gasteiger partial charge in [-0.05, 0) is 49.8 Å². The van der Waals surface area contributed by atoms with Crippen LogP contribution in [-0.4, -0.2) is 33.7 Å². The molecule has 6 nitrogen and oxygen atoms in total. The highest BCUT2D eigenvalue weighted by Crippen LogP contribution is 2.31. The smallest absolute Gasteiger partial charge is 0.325 e. The molecule has 1 N–H and O–H groups in total. The monoisotopic (exact) mass is 423 g/mol. The largest absolute Gasteiger partial charge is 0.348 e. The molecule has 1 saturated heterocycles. The van der Waals surface area contributed by atoms with Gasteiger partial charge in [0.25, 0.3) is 5.91 Å². The van der Waals surface area contributed by atoms with E-state index in [1.54, 1.807) is 6.92 Å². The minimum atomic E-state index is -1.19. The number of benzene rings is 1. The van der Waals surface area contributed by atoms with Crippen molar-refractivity contribution in [2.45, 2.75) is 72.4 Å². The van der Waals surface area contributed by atoms with Crippen molar-refractivity contribution in [2.24, 2.45) is 0 Å². The van der Waals surface area contributed by atoms with E-state index < -0.39 is 17.5 Å². The van der Waals surface area contributed by atoms with Crippen LogP contribution in [0.3, 0.4) is 0 Å². The highest BCUT2D eigenvalue weighted by atomic mass is 16.2. The van der Waals surface area contributed by atoms with Crippen LogP contribution < -0.4 is 5.32 Å². The molecule has 1 aromatic carbocycles. The Morgan fingerprint density at radius 3 is 2.26 bits per heavy atom. The lowest BCUT2D eigenvalue weighted by Gasteiger charge is -2.24. The van der Waals surface area contributed by atoms with Crippen molar-refractivity contribution < 1.29 is 14.4 Å². The molecule has 2 heterocycles. The SMILES string of the molecule is CCCn1c(C)cc(C(=O)CN2C(=O)NC(C)(c3ccc(C(C)(C)C)cc3)C2=O)c1C. The molecule has 1 fully saturated rings. The number of Topliss-reactive ketones (excluding diaryl/α,β-unsaturated/α-hetero) is 1. The fourth-order valence-electron chi connectivity index (χ4n) is 4.22. The van der Waals surface area contributed by atoms with Crippen LogP contribution >= 0.6 is 0 Å². The summed E-state index contributed by atoms with van der Waals surface area (Å²) in [5.41, 5.74) is 3.09. The highest BCUT2D eigenvalue weighted by Gasteiger charge is 2.49. The zero-order valence-corrected chi connectivity index (χ0v) is 19.6. The third kappa shape index (κ3) is 4.03. The summed E-state index contributed by atoms with van der Waals surface area (Å²) < 4.78 is 2.10. The predicted molar refractivity (Wildman–Crippen MR) is 121 cm³/mol. The quantitative estimate of drug-likeness (QED) is 0.551. The third-order valence-corrected chi connectivity index (χ3v) is 6.23. The Balaban J connectivity index is 1.83. The second kappa shape index (κ2) is 7.98. The van der Waals surface area contributed by atoms with Gasteiger partial charge in [0.05, 0.1) is 6.54 Å². The predicted octanol–water partition coefficient (Wildman–Crippen LogP) is 4.46. The van der Waals surface area contributed by atoms with Gasteiger partial charge in [-0.25, -0.2) is 4.79 Å². The summed E-state index contributed by atoms with van der Waals surface area (Å²) in [6.07, 6.45) is 0.962. The Morgan fingerprint density at radius 2 is 1.71 bits per heavy atom. The number of imide groups is 1. The van der Waals surface area contributed by atoms with Gasteiger partial charge in [-0.3, -0.25) is 14.5 Å². The van der Waals surface area contributed by atoms with Gasteiger partial charge in [0.15, 0.2) is 5.78 Å². The van der Waals surface area contributed by atoms with Gasteiger partial charge in [0, 0.05) is 23.5 Å². The summed E-state index contributed by atoms with van der Waals surface area (Å²) in [6.45, 7) is 14.6. The molecule has 0 saturated carbocycles. The van der Waals surface area contributed by atoms with Crippen LogP contribution in [0.5, 0.6) is 0 Å². The van der Waals surface area contributed by atoms with Crippen molar-refractivity contribution in [3.63, 3.8) is 0 Å². The number of nitrogens with one attached hydrogen (secondary N) is 1. The Labute approximate surface area is 184 Å². The molecule has 0 radical (unpaired) electrons. The molecule has 0 aliphatic carbocycles. The lowest BCUT2D eigenvalue weighted by Crippen LogP contribution is -2.41. The molecule has 3 amide bonds. The minimum Gasteiger partial charge on any atom is -0.348 e. The molecule has 0 bridgehead atoms. The number of carbonyl (C=O) groups excluding carboxylic acids is 3. The number of hydrogen-bond acceptors (Lipinski definition) is 3. The summed E-state index contributed by atoms with van der Waals surface area (Å²) in [7, 11) is 0. The number of nitrogens with zero attached hydrogens (tertiary/aromatic N) is 2. The number of carbonyl (C=O) groups is 3. The number of amides is 3. The first kappa shape index (κ1) is 22.8. The van der Waals surface area contributed by atoms with Crippen molar-refractivity contribution in [1.29, 1.82) is 0 Å². The fraction of sp³-hybridized carbons (Fsp3) is 0.480. The molecule has 2 aromatic rings. The van der Waals surface area contributed by atoms with Gasteiger partial charge in [-0.15, -0.1) is 0 Å². The molecule has 1 atom stereocenters. The molecule has 1 aliphatic heterocycles. The molecule has 0 spiro atoms. The first-order valence-electron chi connectivity index (χ1n) is 10.8. The van der Waals surface area contributed by atoms with Crippen LogP contribution in [0.25, 0.3) is 0 Å². The first-order chi connectivity index (χ1) is 14.4. The number of rotatable bonds is 6. The van der Waals surface area contributed by atoms with E-state index in [1.165, 1.54) is 0 Å². The van der Waals surface area contributed by atoms with Gasteiger partial charge in [-0.1, -0.05) is 52.0 Å². The molecule has 1 unspecified atom stereocenters. The van der Waals surface area contributed by atoms with E-state index in [2.05, 4.69) is 37.6 Å². The second-order valence-corrected chi connectivity index (χ2v) is 9.63. The lowest BCUT2D eigenvalue weighted by molar-refractivity contribution is -0.130.